The molecule has 2 heterocycles. The summed E-state index contributed by atoms with van der Waals surface area (Å²) in [6, 6.07) is 13.2. The second-order valence-electron chi connectivity index (χ2n) is 10.5. The van der Waals surface area contributed by atoms with Crippen LogP contribution in [0.25, 0.3) is 0 Å². The number of carbonyl (C=O) groups excluding carboxylic acids is 5. The molecule has 3 amide bonds. The molecule has 0 unspecified atom stereocenters. The van der Waals surface area contributed by atoms with E-state index in [1.54, 1.807) is 0 Å². The maximum absolute atomic E-state index is 13.8. The molecule has 3 aromatic rings. The molecule has 1 aromatic heterocycles. The smallest absolute Gasteiger partial charge is 0.379 e. The van der Waals surface area contributed by atoms with Crippen LogP contribution in [0.1, 0.15) is 37.7 Å². The standard InChI is InChI=1S/C29H21Br2N3O9/c30-24-18-12-19(25(24)31)23-22(18)27(37)33(28(23)38)32(26(36)15-3-7-16(8-4-15)34(40)41)13-20(35)14-5-9-17(10-6-14)43-29(39)21-2-1-11-42-21/h1-11,18-19,22-25H,12-13H2/t18-,19-,22-,23+,24-,25+/m1/s1. The van der Waals surface area contributed by atoms with Gasteiger partial charge in [0.05, 0.1) is 23.0 Å². The van der Waals surface area contributed by atoms with Gasteiger partial charge in [0.25, 0.3) is 23.4 Å². The normalized spacial score (nSPS) is 25.5. The van der Waals surface area contributed by atoms with Crippen molar-refractivity contribution in [3.63, 3.8) is 0 Å². The highest BCUT2D eigenvalue weighted by atomic mass is 79.9. The fourth-order valence-electron chi connectivity index (χ4n) is 6.17. The average Bonchev–Trinajstić information content (AvgIpc) is 3.78. The second-order valence-corrected chi connectivity index (χ2v) is 12.6. The van der Waals surface area contributed by atoms with Crippen LogP contribution in [0.15, 0.2) is 71.3 Å². The number of Topliss-reactive ketones (excluding diaryl/α,β-unsaturated/α-hetero) is 1. The Hall–Kier alpha value is -4.17. The summed E-state index contributed by atoms with van der Waals surface area (Å²) in [5.41, 5.74) is -0.172. The topological polar surface area (TPSA) is 157 Å². The predicted octanol–water partition coefficient (Wildman–Crippen LogP) is 4.43. The van der Waals surface area contributed by atoms with E-state index in [4.69, 9.17) is 9.15 Å². The third kappa shape index (κ3) is 4.97. The van der Waals surface area contributed by atoms with Gasteiger partial charge in [0.2, 0.25) is 5.76 Å². The average molecular weight is 715 g/mol. The molecule has 43 heavy (non-hydrogen) atoms. The first-order valence-corrected chi connectivity index (χ1v) is 15.0. The fourth-order valence-corrected chi connectivity index (χ4v) is 8.04. The Balaban J connectivity index is 1.27. The number of fused-ring (bicyclic) bond motifs is 5. The van der Waals surface area contributed by atoms with Crippen molar-refractivity contribution in [2.75, 3.05) is 6.54 Å². The highest BCUT2D eigenvalue weighted by Gasteiger charge is 2.67. The molecule has 0 N–H and O–H groups in total. The first-order chi connectivity index (χ1) is 20.6. The molecular weight excluding hydrogens is 694 g/mol. The van der Waals surface area contributed by atoms with Crippen molar-refractivity contribution in [1.82, 2.24) is 10.0 Å². The van der Waals surface area contributed by atoms with E-state index in [-0.39, 0.29) is 49.8 Å². The molecule has 14 heteroatoms. The zero-order chi connectivity index (χ0) is 30.6. The Labute approximate surface area is 260 Å². The number of nitro groups is 1. The Morgan fingerprint density at radius 1 is 0.930 bits per heavy atom. The van der Waals surface area contributed by atoms with Gasteiger partial charge in [-0.25, -0.2) is 9.80 Å². The van der Waals surface area contributed by atoms with Crippen molar-refractivity contribution < 1.29 is 38.1 Å². The molecule has 0 radical (unpaired) electrons. The van der Waals surface area contributed by atoms with E-state index in [1.165, 1.54) is 54.8 Å². The molecule has 6 atom stereocenters. The highest BCUT2D eigenvalue weighted by Crippen LogP contribution is 2.60. The molecule has 0 spiro atoms. The number of carbonyl (C=O) groups is 5. The van der Waals surface area contributed by atoms with Gasteiger partial charge in [-0.2, -0.15) is 5.01 Å². The van der Waals surface area contributed by atoms with Crippen LogP contribution in [0.4, 0.5) is 5.69 Å². The van der Waals surface area contributed by atoms with E-state index in [0.717, 1.165) is 22.2 Å². The molecule has 6 rings (SSSR count). The zero-order valence-electron chi connectivity index (χ0n) is 22.0. The van der Waals surface area contributed by atoms with Gasteiger partial charge < -0.3 is 9.15 Å². The minimum atomic E-state index is -0.841. The van der Waals surface area contributed by atoms with Crippen molar-refractivity contribution >= 4 is 67.0 Å². The number of furan rings is 1. The number of hydrogen-bond donors (Lipinski definition) is 0. The van der Waals surface area contributed by atoms with Crippen LogP contribution in [0.2, 0.25) is 0 Å². The summed E-state index contributed by atoms with van der Waals surface area (Å²) in [6.45, 7) is -0.664. The number of ketones is 1. The first-order valence-electron chi connectivity index (χ1n) is 13.2. The van der Waals surface area contributed by atoms with Crippen molar-refractivity contribution in [3.8, 4) is 5.75 Å². The number of benzene rings is 2. The molecule has 2 saturated carbocycles. The Bertz CT molecular complexity index is 1610. The number of nitro benzene ring substituents is 1. The molecule has 220 valence electrons. The minimum absolute atomic E-state index is 0.00355. The molecule has 1 aliphatic heterocycles. The summed E-state index contributed by atoms with van der Waals surface area (Å²) in [7, 11) is 0. The molecule has 2 aromatic carbocycles. The van der Waals surface area contributed by atoms with Gasteiger partial charge in [-0.05, 0) is 66.8 Å². The summed E-state index contributed by atoms with van der Waals surface area (Å²) < 4.78 is 10.2. The first kappa shape index (κ1) is 28.9. The number of rotatable bonds is 8. The number of halogens is 2. The largest absolute Gasteiger partial charge is 0.457 e. The third-order valence-electron chi connectivity index (χ3n) is 8.17. The van der Waals surface area contributed by atoms with E-state index in [9.17, 15) is 34.1 Å². The number of hydrazine groups is 1. The number of alkyl halides is 2. The Morgan fingerprint density at radius 3 is 2.05 bits per heavy atom. The molecule has 1 saturated heterocycles. The number of non-ortho nitro benzene ring substituents is 1. The summed E-state index contributed by atoms with van der Waals surface area (Å²) in [5, 5.41) is 12.7. The molecular formula is C29H21Br2N3O9. The number of esters is 1. The van der Waals surface area contributed by atoms with E-state index in [1.807, 2.05) is 0 Å². The van der Waals surface area contributed by atoms with Crippen molar-refractivity contribution in [2.24, 2.45) is 23.7 Å². The van der Waals surface area contributed by atoms with Gasteiger partial charge in [-0.1, -0.05) is 31.9 Å². The van der Waals surface area contributed by atoms with Crippen molar-refractivity contribution in [3.05, 3.63) is 93.9 Å². The SMILES string of the molecule is O=C(CN(C(=O)c1ccc([N+](=O)[O-])cc1)N1C(=O)[C@@H]2[C@H]3C[C@@H]([C@H](Br)[C@@H]3Br)[C@@H]2C1=O)c1ccc(OC(=O)c2ccco2)cc1. The van der Waals surface area contributed by atoms with Gasteiger partial charge in [-0.15, -0.1) is 0 Å². The highest BCUT2D eigenvalue weighted by molar-refractivity contribution is 9.12. The van der Waals surface area contributed by atoms with Crippen LogP contribution in [0.3, 0.4) is 0 Å². The number of ether oxygens (including phenoxy) is 1. The minimum Gasteiger partial charge on any atom is -0.457 e. The van der Waals surface area contributed by atoms with E-state index in [2.05, 4.69) is 31.9 Å². The molecule has 3 fully saturated rings. The van der Waals surface area contributed by atoms with Crippen LogP contribution in [-0.4, -0.2) is 60.6 Å². The van der Waals surface area contributed by atoms with Crippen LogP contribution < -0.4 is 4.74 Å². The molecule has 3 aliphatic rings. The third-order valence-corrected chi connectivity index (χ3v) is 11.4. The van der Waals surface area contributed by atoms with E-state index >= 15 is 0 Å². The summed E-state index contributed by atoms with van der Waals surface area (Å²) in [4.78, 5) is 77.3. The van der Waals surface area contributed by atoms with E-state index in [0.29, 0.717) is 6.42 Å². The maximum Gasteiger partial charge on any atom is 0.379 e. The maximum atomic E-state index is 13.8. The van der Waals surface area contributed by atoms with Crippen LogP contribution in [-0.2, 0) is 9.59 Å². The van der Waals surface area contributed by atoms with Crippen molar-refractivity contribution in [1.29, 1.82) is 0 Å². The number of imide groups is 1. The quantitative estimate of drug-likeness (QED) is 0.0627. The van der Waals surface area contributed by atoms with Gasteiger partial charge in [0.15, 0.2) is 5.78 Å². The van der Waals surface area contributed by atoms with E-state index < -0.39 is 52.8 Å². The zero-order valence-corrected chi connectivity index (χ0v) is 25.2. The van der Waals surface area contributed by atoms with Gasteiger partial charge in [0.1, 0.15) is 12.3 Å². The molecule has 12 nitrogen and oxygen atoms in total. The summed E-state index contributed by atoms with van der Waals surface area (Å²) >= 11 is 7.27. The second kappa shape index (κ2) is 11.2. The summed E-state index contributed by atoms with van der Waals surface area (Å²) in [6.07, 6.45) is 2.00. The number of amides is 3. The summed E-state index contributed by atoms with van der Waals surface area (Å²) in [5.74, 6) is -4.68. The van der Waals surface area contributed by atoms with Crippen LogP contribution in [0, 0.1) is 33.8 Å². The number of hydrogen-bond acceptors (Lipinski definition) is 9. The molecule has 2 aliphatic carbocycles. The lowest BCUT2D eigenvalue weighted by atomic mass is 9.81. The lowest BCUT2D eigenvalue weighted by Crippen LogP contribution is -2.52. The Morgan fingerprint density at radius 2 is 1.51 bits per heavy atom. The van der Waals surface area contributed by atoms with Crippen LogP contribution in [0.5, 0.6) is 5.75 Å². The fraction of sp³-hybridized carbons (Fsp3) is 0.276. The van der Waals surface area contributed by atoms with Crippen LogP contribution >= 0.6 is 31.9 Å². The Kier molecular flexibility index (Phi) is 7.50. The lowest BCUT2D eigenvalue weighted by Gasteiger charge is -2.30. The lowest BCUT2D eigenvalue weighted by molar-refractivity contribution is -0.384. The predicted molar refractivity (Wildman–Crippen MR) is 154 cm³/mol. The van der Waals surface area contributed by atoms with Gasteiger partial charge >= 0.3 is 5.97 Å². The number of nitrogens with zero attached hydrogens (tertiary/aromatic N) is 3. The monoisotopic (exact) mass is 713 g/mol. The van der Waals surface area contributed by atoms with Gasteiger partial charge in [-0.3, -0.25) is 29.3 Å². The van der Waals surface area contributed by atoms with Gasteiger partial charge in [0, 0.05) is 32.9 Å². The van der Waals surface area contributed by atoms with Crippen molar-refractivity contribution in [2.45, 2.75) is 16.1 Å². The molecule has 2 bridgehead atoms.